The number of hydrogen-bond donors (Lipinski definition) is 2. The molecule has 2 N–H and O–H groups in total. The molecule has 1 aliphatic rings. The van der Waals surface area contributed by atoms with Crippen molar-refractivity contribution < 1.29 is 9.59 Å². The van der Waals surface area contributed by atoms with E-state index in [1.165, 1.54) is 0 Å². The summed E-state index contributed by atoms with van der Waals surface area (Å²) in [7, 11) is 0. The van der Waals surface area contributed by atoms with Crippen LogP contribution >= 0.6 is 11.3 Å². The molecule has 1 aromatic heterocycles. The zero-order valence-electron chi connectivity index (χ0n) is 13.4. The molecule has 0 aliphatic carbocycles. The van der Waals surface area contributed by atoms with Crippen molar-refractivity contribution in [2.24, 2.45) is 0 Å². The van der Waals surface area contributed by atoms with Crippen LogP contribution in [-0.4, -0.2) is 35.8 Å². The fraction of sp³-hybridized carbons (Fsp3) is 0.333. The molecule has 2 heterocycles. The molecule has 2 amide bonds. The van der Waals surface area contributed by atoms with Crippen LogP contribution in [0.5, 0.6) is 0 Å². The summed E-state index contributed by atoms with van der Waals surface area (Å²) in [5.41, 5.74) is 2.23. The van der Waals surface area contributed by atoms with Gasteiger partial charge in [-0.1, -0.05) is 30.3 Å². The summed E-state index contributed by atoms with van der Waals surface area (Å²) < 4.78 is 0. The zero-order valence-corrected chi connectivity index (χ0v) is 14.2. The van der Waals surface area contributed by atoms with E-state index in [0.29, 0.717) is 19.6 Å². The number of carbonyl (C=O) groups excluding carboxylic acids is 2. The van der Waals surface area contributed by atoms with Gasteiger partial charge in [0.05, 0.1) is 12.5 Å². The predicted octanol–water partition coefficient (Wildman–Crippen LogP) is 1.75. The Hall–Kier alpha value is -2.18. The van der Waals surface area contributed by atoms with Gasteiger partial charge in [-0.05, 0) is 28.0 Å². The molecule has 0 radical (unpaired) electrons. The SMILES string of the molecule is O=C(CC1C(=O)NCCN1Cc1ccccc1)NCc1ccsc1. The molecule has 0 saturated carbocycles. The first kappa shape index (κ1) is 16.7. The Labute approximate surface area is 145 Å². The Morgan fingerprint density at radius 2 is 2.08 bits per heavy atom. The lowest BCUT2D eigenvalue weighted by molar-refractivity contribution is -0.134. The van der Waals surface area contributed by atoms with Crippen molar-refractivity contribution in [3.05, 3.63) is 58.3 Å². The average Bonchev–Trinajstić information content (AvgIpc) is 3.11. The van der Waals surface area contributed by atoms with E-state index in [1.54, 1.807) is 11.3 Å². The van der Waals surface area contributed by atoms with Gasteiger partial charge in [0.1, 0.15) is 0 Å². The smallest absolute Gasteiger partial charge is 0.237 e. The van der Waals surface area contributed by atoms with Crippen LogP contribution in [0.4, 0.5) is 0 Å². The van der Waals surface area contributed by atoms with Crippen LogP contribution in [0.2, 0.25) is 0 Å². The number of hydrogen-bond acceptors (Lipinski definition) is 4. The predicted molar refractivity (Wildman–Crippen MR) is 94.4 cm³/mol. The lowest BCUT2D eigenvalue weighted by Gasteiger charge is -2.34. The largest absolute Gasteiger partial charge is 0.353 e. The molecule has 5 nitrogen and oxygen atoms in total. The lowest BCUT2D eigenvalue weighted by Crippen LogP contribution is -2.56. The minimum atomic E-state index is -0.415. The van der Waals surface area contributed by atoms with E-state index in [0.717, 1.165) is 17.7 Å². The van der Waals surface area contributed by atoms with Crippen molar-refractivity contribution in [2.75, 3.05) is 13.1 Å². The maximum atomic E-state index is 12.2. The van der Waals surface area contributed by atoms with Crippen LogP contribution in [0.3, 0.4) is 0 Å². The third kappa shape index (κ3) is 4.43. The second-order valence-electron chi connectivity index (χ2n) is 5.88. The minimum Gasteiger partial charge on any atom is -0.353 e. The van der Waals surface area contributed by atoms with Crippen LogP contribution in [0, 0.1) is 0 Å². The van der Waals surface area contributed by atoms with E-state index in [1.807, 2.05) is 47.2 Å². The summed E-state index contributed by atoms with van der Waals surface area (Å²) in [5, 5.41) is 9.76. The minimum absolute atomic E-state index is 0.0668. The summed E-state index contributed by atoms with van der Waals surface area (Å²) in [6.45, 7) is 2.56. The molecule has 1 aliphatic heterocycles. The number of piperazine rings is 1. The normalized spacial score (nSPS) is 18.2. The Kier molecular flexibility index (Phi) is 5.61. The second-order valence-corrected chi connectivity index (χ2v) is 6.66. The van der Waals surface area contributed by atoms with Gasteiger partial charge in [-0.3, -0.25) is 14.5 Å². The molecule has 24 heavy (non-hydrogen) atoms. The lowest BCUT2D eigenvalue weighted by atomic mass is 10.1. The van der Waals surface area contributed by atoms with Gasteiger partial charge >= 0.3 is 0 Å². The molecule has 126 valence electrons. The van der Waals surface area contributed by atoms with Crippen LogP contribution < -0.4 is 10.6 Å². The Morgan fingerprint density at radius 1 is 1.25 bits per heavy atom. The standard InChI is InChI=1S/C18H21N3O2S/c22-17(20-11-15-6-9-24-13-15)10-16-18(23)19-7-8-21(16)12-14-4-2-1-3-5-14/h1-6,9,13,16H,7-8,10-12H2,(H,19,23)(H,20,22). The summed E-state index contributed by atoms with van der Waals surface area (Å²) in [5.74, 6) is -0.163. The van der Waals surface area contributed by atoms with Crippen molar-refractivity contribution in [3.8, 4) is 0 Å². The van der Waals surface area contributed by atoms with E-state index < -0.39 is 6.04 Å². The van der Waals surface area contributed by atoms with Gasteiger partial charge in [0.2, 0.25) is 11.8 Å². The molecule has 1 aromatic carbocycles. The quantitative estimate of drug-likeness (QED) is 0.840. The average molecular weight is 343 g/mol. The molecule has 0 spiro atoms. The number of thiophene rings is 1. The van der Waals surface area contributed by atoms with Crippen molar-refractivity contribution in [1.82, 2.24) is 15.5 Å². The van der Waals surface area contributed by atoms with Crippen LogP contribution in [0.1, 0.15) is 17.5 Å². The Morgan fingerprint density at radius 3 is 2.83 bits per heavy atom. The van der Waals surface area contributed by atoms with Crippen molar-refractivity contribution >= 4 is 23.2 Å². The van der Waals surface area contributed by atoms with Crippen LogP contribution in [0.15, 0.2) is 47.2 Å². The van der Waals surface area contributed by atoms with Gasteiger partial charge in [0.15, 0.2) is 0 Å². The zero-order chi connectivity index (χ0) is 16.8. The van der Waals surface area contributed by atoms with Gasteiger partial charge < -0.3 is 10.6 Å². The van der Waals surface area contributed by atoms with E-state index >= 15 is 0 Å². The molecule has 1 unspecified atom stereocenters. The van der Waals surface area contributed by atoms with E-state index in [2.05, 4.69) is 15.5 Å². The number of amides is 2. The molecule has 3 rings (SSSR count). The molecule has 1 saturated heterocycles. The summed E-state index contributed by atoms with van der Waals surface area (Å²) in [6.07, 6.45) is 0.183. The third-order valence-corrected chi connectivity index (χ3v) is 4.85. The highest BCUT2D eigenvalue weighted by atomic mass is 32.1. The fourth-order valence-corrected chi connectivity index (χ4v) is 3.50. The molecule has 1 fully saturated rings. The van der Waals surface area contributed by atoms with Crippen molar-refractivity contribution in [1.29, 1.82) is 0 Å². The molecule has 2 aromatic rings. The molecule has 1 atom stereocenters. The van der Waals surface area contributed by atoms with Crippen molar-refractivity contribution in [2.45, 2.75) is 25.6 Å². The molecular weight excluding hydrogens is 322 g/mol. The van der Waals surface area contributed by atoms with Gasteiger partial charge in [-0.15, -0.1) is 0 Å². The highest BCUT2D eigenvalue weighted by molar-refractivity contribution is 7.07. The number of nitrogens with one attached hydrogen (secondary N) is 2. The maximum absolute atomic E-state index is 12.2. The summed E-state index contributed by atoms with van der Waals surface area (Å²) in [6, 6.07) is 11.6. The van der Waals surface area contributed by atoms with Gasteiger partial charge in [-0.2, -0.15) is 11.3 Å². The molecule has 6 heteroatoms. The number of carbonyl (C=O) groups is 2. The van der Waals surface area contributed by atoms with E-state index in [4.69, 9.17) is 0 Å². The van der Waals surface area contributed by atoms with Crippen LogP contribution in [-0.2, 0) is 22.7 Å². The van der Waals surface area contributed by atoms with Crippen molar-refractivity contribution in [3.63, 3.8) is 0 Å². The topological polar surface area (TPSA) is 61.4 Å². The Bertz CT molecular complexity index is 673. The van der Waals surface area contributed by atoms with Gasteiger partial charge in [0, 0.05) is 26.2 Å². The Balaban J connectivity index is 1.59. The van der Waals surface area contributed by atoms with Crippen LogP contribution in [0.25, 0.3) is 0 Å². The fourth-order valence-electron chi connectivity index (χ4n) is 2.83. The second kappa shape index (κ2) is 8.08. The van der Waals surface area contributed by atoms with Gasteiger partial charge in [-0.25, -0.2) is 0 Å². The highest BCUT2D eigenvalue weighted by Gasteiger charge is 2.31. The number of benzene rings is 1. The summed E-state index contributed by atoms with van der Waals surface area (Å²) in [4.78, 5) is 26.5. The summed E-state index contributed by atoms with van der Waals surface area (Å²) >= 11 is 1.61. The number of rotatable bonds is 6. The van der Waals surface area contributed by atoms with E-state index in [9.17, 15) is 9.59 Å². The molecule has 0 bridgehead atoms. The first-order valence-electron chi connectivity index (χ1n) is 8.06. The number of nitrogens with zero attached hydrogens (tertiary/aromatic N) is 1. The third-order valence-electron chi connectivity index (χ3n) is 4.12. The highest BCUT2D eigenvalue weighted by Crippen LogP contribution is 2.14. The first-order valence-corrected chi connectivity index (χ1v) is 9.00. The first-order chi connectivity index (χ1) is 11.7. The maximum Gasteiger partial charge on any atom is 0.237 e. The van der Waals surface area contributed by atoms with Gasteiger partial charge in [0.25, 0.3) is 0 Å². The molecular formula is C18H21N3O2S. The monoisotopic (exact) mass is 343 g/mol. The van der Waals surface area contributed by atoms with E-state index in [-0.39, 0.29) is 18.2 Å².